The van der Waals surface area contributed by atoms with Crippen LogP contribution in [0.3, 0.4) is 0 Å². The van der Waals surface area contributed by atoms with Gasteiger partial charge in [-0.3, -0.25) is 0 Å². The average molecular weight is 200 g/mol. The third kappa shape index (κ3) is 1.80. The fourth-order valence-corrected chi connectivity index (χ4v) is 1.92. The first-order valence-electron chi connectivity index (χ1n) is 3.90. The van der Waals surface area contributed by atoms with Crippen LogP contribution < -0.4 is 5.73 Å². The Morgan fingerprint density at radius 3 is 2.54 bits per heavy atom. The van der Waals surface area contributed by atoms with E-state index in [1.54, 1.807) is 19.9 Å². The maximum atomic E-state index is 11.6. The Labute approximate surface area is 77.7 Å². The number of nitrogens with zero attached hydrogens (tertiary/aromatic N) is 1. The molecule has 0 bridgehead atoms. The second kappa shape index (κ2) is 3.33. The van der Waals surface area contributed by atoms with Gasteiger partial charge in [-0.1, -0.05) is 0 Å². The predicted molar refractivity (Wildman–Crippen MR) is 51.0 cm³/mol. The van der Waals surface area contributed by atoms with Crippen molar-refractivity contribution in [3.8, 4) is 0 Å². The Kier molecular flexibility index (Phi) is 2.56. The van der Waals surface area contributed by atoms with E-state index in [9.17, 15) is 8.42 Å². The fraction of sp³-hybridized carbons (Fsp3) is 0.375. The van der Waals surface area contributed by atoms with E-state index in [-0.39, 0.29) is 10.7 Å². The maximum Gasteiger partial charge on any atom is 0.199 e. The molecule has 0 fully saturated rings. The summed E-state index contributed by atoms with van der Waals surface area (Å²) in [5.41, 5.74) is 5.71. The molecule has 1 heterocycles. The summed E-state index contributed by atoms with van der Waals surface area (Å²) in [5.74, 6) is 0. The number of nitrogens with two attached hydrogens (primary N) is 1. The molecule has 0 aromatic carbocycles. The molecule has 1 rings (SSSR count). The molecular formula is C8H12N2O2S. The number of nitrogen functional groups attached to an aromatic ring is 1. The van der Waals surface area contributed by atoms with Crippen LogP contribution in [0.2, 0.25) is 0 Å². The van der Waals surface area contributed by atoms with Gasteiger partial charge in [0.1, 0.15) is 0 Å². The standard InChI is InChI=1S/C8H12N2O2S/c1-6(2)13(11,12)8-7(9)4-3-5-10-8/h3-6H,9H2,1-2H3. The molecule has 0 atom stereocenters. The lowest BCUT2D eigenvalue weighted by molar-refractivity contribution is 0.584. The molecule has 0 saturated heterocycles. The highest BCUT2D eigenvalue weighted by atomic mass is 32.2. The second-order valence-electron chi connectivity index (χ2n) is 2.99. The van der Waals surface area contributed by atoms with Crippen LogP contribution in [0.4, 0.5) is 5.69 Å². The molecule has 0 aliphatic heterocycles. The molecule has 4 nitrogen and oxygen atoms in total. The summed E-state index contributed by atoms with van der Waals surface area (Å²) in [7, 11) is -3.34. The summed E-state index contributed by atoms with van der Waals surface area (Å²) in [6.45, 7) is 3.20. The highest BCUT2D eigenvalue weighted by molar-refractivity contribution is 7.92. The van der Waals surface area contributed by atoms with Crippen molar-refractivity contribution < 1.29 is 8.42 Å². The van der Waals surface area contributed by atoms with E-state index in [1.807, 2.05) is 0 Å². The second-order valence-corrected chi connectivity index (χ2v) is 5.41. The Hall–Kier alpha value is -1.10. The summed E-state index contributed by atoms with van der Waals surface area (Å²) < 4.78 is 23.2. The maximum absolute atomic E-state index is 11.6. The van der Waals surface area contributed by atoms with Crippen LogP contribution in [0.25, 0.3) is 0 Å². The summed E-state index contributed by atoms with van der Waals surface area (Å²) in [6.07, 6.45) is 1.42. The molecule has 0 aliphatic rings. The number of pyridine rings is 1. The van der Waals surface area contributed by atoms with Crippen LogP contribution in [-0.2, 0) is 9.84 Å². The van der Waals surface area contributed by atoms with E-state index in [1.165, 1.54) is 12.3 Å². The third-order valence-corrected chi connectivity index (χ3v) is 3.81. The lowest BCUT2D eigenvalue weighted by atomic mass is 10.4. The van der Waals surface area contributed by atoms with Crippen molar-refractivity contribution in [2.75, 3.05) is 5.73 Å². The number of sulfone groups is 1. The molecule has 2 N–H and O–H groups in total. The third-order valence-electron chi connectivity index (χ3n) is 1.69. The normalized spacial score (nSPS) is 11.9. The molecule has 1 aromatic rings. The molecule has 0 radical (unpaired) electrons. The molecular weight excluding hydrogens is 188 g/mol. The topological polar surface area (TPSA) is 73.0 Å². The van der Waals surface area contributed by atoms with Gasteiger partial charge in [0.25, 0.3) is 0 Å². The van der Waals surface area contributed by atoms with Gasteiger partial charge in [-0.15, -0.1) is 0 Å². The van der Waals surface area contributed by atoms with Crippen LogP contribution in [0.5, 0.6) is 0 Å². The smallest absolute Gasteiger partial charge is 0.199 e. The van der Waals surface area contributed by atoms with Crippen molar-refractivity contribution in [3.05, 3.63) is 18.3 Å². The number of rotatable bonds is 2. The van der Waals surface area contributed by atoms with Crippen molar-refractivity contribution in [3.63, 3.8) is 0 Å². The van der Waals surface area contributed by atoms with Crippen molar-refractivity contribution in [1.82, 2.24) is 4.98 Å². The number of aromatic nitrogens is 1. The number of anilines is 1. The molecule has 0 aliphatic carbocycles. The quantitative estimate of drug-likeness (QED) is 0.768. The molecule has 5 heteroatoms. The summed E-state index contributed by atoms with van der Waals surface area (Å²) in [5, 5.41) is -0.519. The van der Waals surface area contributed by atoms with E-state index >= 15 is 0 Å². The van der Waals surface area contributed by atoms with Gasteiger partial charge in [-0.2, -0.15) is 0 Å². The van der Waals surface area contributed by atoms with E-state index in [0.717, 1.165) is 0 Å². The van der Waals surface area contributed by atoms with Crippen molar-refractivity contribution in [1.29, 1.82) is 0 Å². The van der Waals surface area contributed by atoms with Crippen molar-refractivity contribution >= 4 is 15.5 Å². The lowest BCUT2D eigenvalue weighted by Crippen LogP contribution is -2.17. The van der Waals surface area contributed by atoms with Gasteiger partial charge in [0.15, 0.2) is 14.9 Å². The predicted octanol–water partition coefficient (Wildman–Crippen LogP) is 0.846. The van der Waals surface area contributed by atoms with Gasteiger partial charge >= 0.3 is 0 Å². The van der Waals surface area contributed by atoms with Crippen LogP contribution in [0, 0.1) is 0 Å². The van der Waals surface area contributed by atoms with Gasteiger partial charge in [0.05, 0.1) is 10.9 Å². The Morgan fingerprint density at radius 1 is 1.46 bits per heavy atom. The number of hydrogen-bond acceptors (Lipinski definition) is 4. The number of hydrogen-bond donors (Lipinski definition) is 1. The Bertz CT molecular complexity index is 398. The van der Waals surface area contributed by atoms with E-state index in [2.05, 4.69) is 4.98 Å². The van der Waals surface area contributed by atoms with Crippen LogP contribution >= 0.6 is 0 Å². The van der Waals surface area contributed by atoms with Crippen LogP contribution in [0.15, 0.2) is 23.4 Å². The van der Waals surface area contributed by atoms with Gasteiger partial charge < -0.3 is 5.73 Å². The van der Waals surface area contributed by atoms with Gasteiger partial charge in [-0.25, -0.2) is 13.4 Å². The molecule has 13 heavy (non-hydrogen) atoms. The minimum Gasteiger partial charge on any atom is -0.396 e. The minimum absolute atomic E-state index is 0.0231. The fourth-order valence-electron chi connectivity index (χ4n) is 0.864. The first-order valence-corrected chi connectivity index (χ1v) is 5.45. The van der Waals surface area contributed by atoms with E-state index in [4.69, 9.17) is 5.73 Å². The lowest BCUT2D eigenvalue weighted by Gasteiger charge is -2.08. The summed E-state index contributed by atoms with van der Waals surface area (Å²) >= 11 is 0. The highest BCUT2D eigenvalue weighted by Gasteiger charge is 2.22. The molecule has 0 saturated carbocycles. The first kappa shape index (κ1) is 9.98. The zero-order valence-corrected chi connectivity index (χ0v) is 8.38. The largest absolute Gasteiger partial charge is 0.396 e. The van der Waals surface area contributed by atoms with Gasteiger partial charge in [0, 0.05) is 6.20 Å². The van der Waals surface area contributed by atoms with Crippen molar-refractivity contribution in [2.24, 2.45) is 0 Å². The molecule has 0 spiro atoms. The molecule has 72 valence electrons. The van der Waals surface area contributed by atoms with E-state index in [0.29, 0.717) is 0 Å². The van der Waals surface area contributed by atoms with Crippen molar-refractivity contribution in [2.45, 2.75) is 24.1 Å². The Balaban J connectivity index is 3.32. The molecule has 0 unspecified atom stereocenters. The van der Waals surface area contributed by atoms with Crippen LogP contribution in [-0.4, -0.2) is 18.7 Å². The monoisotopic (exact) mass is 200 g/mol. The highest BCUT2D eigenvalue weighted by Crippen LogP contribution is 2.18. The summed E-state index contributed by atoms with van der Waals surface area (Å²) in [6, 6.07) is 3.14. The molecule has 1 aromatic heterocycles. The minimum atomic E-state index is -3.34. The van der Waals surface area contributed by atoms with E-state index < -0.39 is 15.1 Å². The first-order chi connectivity index (χ1) is 5.96. The zero-order chi connectivity index (χ0) is 10.1. The van der Waals surface area contributed by atoms with Crippen LogP contribution in [0.1, 0.15) is 13.8 Å². The zero-order valence-electron chi connectivity index (χ0n) is 7.56. The van der Waals surface area contributed by atoms with Gasteiger partial charge in [0.2, 0.25) is 0 Å². The Morgan fingerprint density at radius 2 is 2.08 bits per heavy atom. The molecule has 0 amide bonds. The van der Waals surface area contributed by atoms with Gasteiger partial charge in [-0.05, 0) is 26.0 Å². The summed E-state index contributed by atoms with van der Waals surface area (Å²) in [4.78, 5) is 3.76. The average Bonchev–Trinajstić information content (AvgIpc) is 2.04. The SMILES string of the molecule is CC(C)S(=O)(=O)c1ncccc1N.